The van der Waals surface area contributed by atoms with Gasteiger partial charge >= 0.3 is 6.09 Å². The Balaban J connectivity index is 1.46. The van der Waals surface area contributed by atoms with E-state index in [1.165, 1.54) is 0 Å². The molecule has 31 heavy (non-hydrogen) atoms. The van der Waals surface area contributed by atoms with Gasteiger partial charge in [-0.2, -0.15) is 0 Å². The van der Waals surface area contributed by atoms with Crippen LogP contribution in [-0.2, 0) is 4.74 Å². The monoisotopic (exact) mass is 421 g/mol. The maximum absolute atomic E-state index is 13.2. The molecule has 1 amide bonds. The van der Waals surface area contributed by atoms with Crippen LogP contribution in [0.5, 0.6) is 5.75 Å². The smallest absolute Gasteiger partial charge is 0.411 e. The third-order valence-electron chi connectivity index (χ3n) is 6.79. The van der Waals surface area contributed by atoms with Crippen molar-refractivity contribution in [1.29, 1.82) is 0 Å². The van der Waals surface area contributed by atoms with Crippen LogP contribution in [0.25, 0.3) is 0 Å². The normalized spacial score (nSPS) is 30.2. The van der Waals surface area contributed by atoms with Gasteiger partial charge in [0.1, 0.15) is 11.8 Å². The van der Waals surface area contributed by atoms with E-state index in [9.17, 15) is 4.79 Å². The van der Waals surface area contributed by atoms with Gasteiger partial charge in [-0.25, -0.2) is 4.79 Å². The van der Waals surface area contributed by atoms with Gasteiger partial charge in [-0.1, -0.05) is 49.4 Å². The van der Waals surface area contributed by atoms with Crippen LogP contribution in [-0.4, -0.2) is 42.4 Å². The number of hydrogen-bond acceptors (Lipinski definition) is 5. The summed E-state index contributed by atoms with van der Waals surface area (Å²) in [5.74, 6) is 0.861. The molecule has 6 nitrogen and oxygen atoms in total. The Morgan fingerprint density at radius 2 is 1.77 bits per heavy atom. The molecule has 1 saturated carbocycles. The standard InChI is InChI=1S/C25H31N3O3/c1-2-14-30-20-11-8-17(9-12-20)23-24(18-6-4-3-5-7-18)31-25(29)28(23)19-10-13-21-22(15-19)27-16-26-21/h3-9,11-12,19,21-24,26-27H,2,10,13-16H2,1H3/t19?,21?,22?,23-,24-/m0/s1. The van der Waals surface area contributed by atoms with Crippen molar-refractivity contribution in [3.63, 3.8) is 0 Å². The van der Waals surface area contributed by atoms with Gasteiger partial charge in [-0.3, -0.25) is 4.90 Å². The number of nitrogens with zero attached hydrogens (tertiary/aromatic N) is 1. The van der Waals surface area contributed by atoms with Crippen LogP contribution < -0.4 is 15.4 Å². The molecule has 2 N–H and O–H groups in total. The topological polar surface area (TPSA) is 62.8 Å². The number of hydrogen-bond donors (Lipinski definition) is 2. The number of amides is 1. The van der Waals surface area contributed by atoms with Crippen LogP contribution in [0.2, 0.25) is 0 Å². The number of carbonyl (C=O) groups is 1. The summed E-state index contributed by atoms with van der Waals surface area (Å²) in [4.78, 5) is 15.2. The molecule has 6 heteroatoms. The average Bonchev–Trinajstić information content (AvgIpc) is 3.42. The largest absolute Gasteiger partial charge is 0.494 e. The van der Waals surface area contributed by atoms with Gasteiger partial charge in [-0.05, 0) is 48.9 Å². The average molecular weight is 422 g/mol. The number of benzene rings is 2. The highest BCUT2D eigenvalue weighted by molar-refractivity contribution is 5.72. The Kier molecular flexibility index (Phi) is 5.83. The molecule has 1 aliphatic carbocycles. The molecule has 0 bridgehead atoms. The first-order valence-corrected chi connectivity index (χ1v) is 11.5. The summed E-state index contributed by atoms with van der Waals surface area (Å²) in [6.45, 7) is 3.65. The molecule has 3 aliphatic rings. The molecule has 0 aromatic heterocycles. The van der Waals surface area contributed by atoms with E-state index in [4.69, 9.17) is 9.47 Å². The van der Waals surface area contributed by atoms with Crippen molar-refractivity contribution in [2.45, 2.75) is 62.9 Å². The molecular weight excluding hydrogens is 390 g/mol. The number of ether oxygens (including phenoxy) is 2. The molecule has 2 aliphatic heterocycles. The molecule has 3 unspecified atom stereocenters. The lowest BCUT2D eigenvalue weighted by Crippen LogP contribution is -2.49. The SMILES string of the molecule is CCCOc1ccc([C@H]2[C@H](c3ccccc3)OC(=O)N2C2CCC3NCNC3C2)cc1. The molecule has 3 fully saturated rings. The maximum atomic E-state index is 13.2. The maximum Gasteiger partial charge on any atom is 0.411 e. The molecule has 2 heterocycles. The van der Waals surface area contributed by atoms with Gasteiger partial charge < -0.3 is 20.1 Å². The lowest BCUT2D eigenvalue weighted by atomic mass is 9.85. The van der Waals surface area contributed by atoms with E-state index in [0.717, 1.165) is 49.2 Å². The first kappa shape index (κ1) is 20.3. The Morgan fingerprint density at radius 1 is 1.00 bits per heavy atom. The van der Waals surface area contributed by atoms with Crippen LogP contribution in [0.1, 0.15) is 55.9 Å². The zero-order chi connectivity index (χ0) is 21.2. The van der Waals surface area contributed by atoms with Gasteiger partial charge in [0.05, 0.1) is 6.61 Å². The van der Waals surface area contributed by atoms with Gasteiger partial charge in [-0.15, -0.1) is 0 Å². The Labute approximate surface area is 183 Å². The summed E-state index contributed by atoms with van der Waals surface area (Å²) in [6.07, 6.45) is 3.45. The minimum Gasteiger partial charge on any atom is -0.494 e. The predicted molar refractivity (Wildman–Crippen MR) is 119 cm³/mol. The lowest BCUT2D eigenvalue weighted by molar-refractivity contribution is 0.120. The van der Waals surface area contributed by atoms with Crippen molar-refractivity contribution >= 4 is 6.09 Å². The fourth-order valence-electron chi connectivity index (χ4n) is 5.27. The Hall–Kier alpha value is -2.57. The number of nitrogens with one attached hydrogen (secondary N) is 2. The minimum absolute atomic E-state index is 0.147. The third-order valence-corrected chi connectivity index (χ3v) is 6.79. The summed E-state index contributed by atoms with van der Waals surface area (Å²) < 4.78 is 11.8. The van der Waals surface area contributed by atoms with Gasteiger partial charge in [0.25, 0.3) is 0 Å². The van der Waals surface area contributed by atoms with E-state index in [-0.39, 0.29) is 24.3 Å². The highest BCUT2D eigenvalue weighted by Crippen LogP contribution is 2.46. The number of cyclic esters (lactones) is 1. The highest BCUT2D eigenvalue weighted by atomic mass is 16.6. The van der Waals surface area contributed by atoms with E-state index < -0.39 is 0 Å². The van der Waals surface area contributed by atoms with Crippen molar-refractivity contribution in [2.24, 2.45) is 0 Å². The van der Waals surface area contributed by atoms with Crippen LogP contribution in [0.3, 0.4) is 0 Å². The molecular formula is C25H31N3O3. The molecule has 2 saturated heterocycles. The number of carbonyl (C=O) groups excluding carboxylic acids is 1. The second-order valence-corrected chi connectivity index (χ2v) is 8.75. The molecule has 0 spiro atoms. The summed E-state index contributed by atoms with van der Waals surface area (Å²) in [7, 11) is 0. The van der Waals surface area contributed by atoms with Gasteiger partial charge in [0, 0.05) is 24.8 Å². The summed E-state index contributed by atoms with van der Waals surface area (Å²) in [6, 6.07) is 19.2. The number of fused-ring (bicyclic) bond motifs is 1. The van der Waals surface area contributed by atoms with Crippen LogP contribution in [0.4, 0.5) is 4.79 Å². The third kappa shape index (κ3) is 4.02. The fraction of sp³-hybridized carbons (Fsp3) is 0.480. The first-order valence-electron chi connectivity index (χ1n) is 11.5. The second-order valence-electron chi connectivity index (χ2n) is 8.75. The quantitative estimate of drug-likeness (QED) is 0.734. The van der Waals surface area contributed by atoms with E-state index in [1.807, 2.05) is 47.4 Å². The zero-order valence-electron chi connectivity index (χ0n) is 18.0. The molecule has 2 aromatic carbocycles. The highest BCUT2D eigenvalue weighted by Gasteiger charge is 2.48. The zero-order valence-corrected chi connectivity index (χ0v) is 18.0. The van der Waals surface area contributed by atoms with Crippen molar-refractivity contribution in [1.82, 2.24) is 15.5 Å². The van der Waals surface area contributed by atoms with E-state index in [2.05, 4.69) is 29.7 Å². The van der Waals surface area contributed by atoms with Crippen molar-refractivity contribution < 1.29 is 14.3 Å². The summed E-state index contributed by atoms with van der Waals surface area (Å²) >= 11 is 0. The molecule has 5 rings (SSSR count). The fourth-order valence-corrected chi connectivity index (χ4v) is 5.27. The second kappa shape index (κ2) is 8.89. The number of rotatable bonds is 6. The molecule has 0 radical (unpaired) electrons. The molecule has 2 aromatic rings. The Morgan fingerprint density at radius 3 is 2.55 bits per heavy atom. The van der Waals surface area contributed by atoms with E-state index in [1.54, 1.807) is 0 Å². The predicted octanol–water partition coefficient (Wildman–Crippen LogP) is 4.15. The van der Waals surface area contributed by atoms with Crippen molar-refractivity contribution in [3.8, 4) is 5.75 Å². The van der Waals surface area contributed by atoms with Crippen LogP contribution >= 0.6 is 0 Å². The summed E-state index contributed by atoms with van der Waals surface area (Å²) in [5.41, 5.74) is 2.12. The van der Waals surface area contributed by atoms with E-state index >= 15 is 0 Å². The minimum atomic E-state index is -0.316. The Bertz CT molecular complexity index is 889. The van der Waals surface area contributed by atoms with Crippen molar-refractivity contribution in [3.05, 3.63) is 65.7 Å². The molecule has 5 atom stereocenters. The van der Waals surface area contributed by atoms with E-state index in [0.29, 0.717) is 18.7 Å². The van der Waals surface area contributed by atoms with Gasteiger partial charge in [0.2, 0.25) is 0 Å². The van der Waals surface area contributed by atoms with Crippen LogP contribution in [0.15, 0.2) is 54.6 Å². The van der Waals surface area contributed by atoms with Crippen molar-refractivity contribution in [2.75, 3.05) is 13.3 Å². The first-order chi connectivity index (χ1) is 15.2. The molecule has 164 valence electrons. The van der Waals surface area contributed by atoms with Crippen LogP contribution in [0, 0.1) is 0 Å². The lowest BCUT2D eigenvalue weighted by Gasteiger charge is -2.38. The van der Waals surface area contributed by atoms with Gasteiger partial charge in [0.15, 0.2) is 6.10 Å². The summed E-state index contributed by atoms with van der Waals surface area (Å²) in [5, 5.41) is 7.07.